The van der Waals surface area contributed by atoms with Crippen LogP contribution in [-0.2, 0) is 19.6 Å². The molecule has 3 fully saturated rings. The lowest BCUT2D eigenvalue weighted by Crippen LogP contribution is -2.51. The maximum atomic E-state index is 8.38. The van der Waals surface area contributed by atoms with Gasteiger partial charge in [-0.2, -0.15) is 0 Å². The van der Waals surface area contributed by atoms with Gasteiger partial charge in [-0.25, -0.2) is 4.58 Å². The van der Waals surface area contributed by atoms with Gasteiger partial charge in [0, 0.05) is 62.1 Å². The van der Waals surface area contributed by atoms with Crippen molar-refractivity contribution in [3.8, 4) is 0 Å². The van der Waals surface area contributed by atoms with Crippen LogP contribution in [0.25, 0.3) is 0 Å². The molecule has 80 heavy (non-hydrogen) atoms. The molecule has 0 spiro atoms. The van der Waals surface area contributed by atoms with Gasteiger partial charge in [0.2, 0.25) is 5.04 Å². The lowest BCUT2D eigenvalue weighted by atomic mass is 9.91. The van der Waals surface area contributed by atoms with Gasteiger partial charge in [-0.05, 0) is 59.1 Å². The Kier molecular flexibility index (Phi) is 34.3. The molecule has 9 heteroatoms. The smallest absolute Gasteiger partial charge is 0.207 e. The Morgan fingerprint density at radius 3 is 1.09 bits per heavy atom. The van der Waals surface area contributed by atoms with Crippen molar-refractivity contribution in [2.24, 2.45) is 0 Å². The van der Waals surface area contributed by atoms with E-state index in [1.165, 1.54) is 185 Å². The Labute approximate surface area is 500 Å². The van der Waals surface area contributed by atoms with Gasteiger partial charge in [0.25, 0.3) is 0 Å². The number of aliphatic hydroxyl groups is 1. The summed E-state index contributed by atoms with van der Waals surface area (Å²) < 4.78 is 8.98. The van der Waals surface area contributed by atoms with E-state index in [0.717, 1.165) is 21.0 Å². The first-order valence-corrected chi connectivity index (χ1v) is 32.9. The van der Waals surface area contributed by atoms with E-state index in [-0.39, 0.29) is 6.73 Å². The van der Waals surface area contributed by atoms with Gasteiger partial charge in [0.05, 0.1) is 134 Å². The third kappa shape index (κ3) is 27.3. The van der Waals surface area contributed by atoms with Crippen LogP contribution in [0.4, 0.5) is 5.69 Å². The maximum absolute atomic E-state index is 8.38. The molecule has 0 aromatic heterocycles. The minimum Gasteiger partial charge on any atom is -0.347 e. The van der Waals surface area contributed by atoms with Crippen LogP contribution in [0.1, 0.15) is 149 Å². The average Bonchev–Trinajstić information content (AvgIpc) is 4.21. The quantitative estimate of drug-likeness (QED) is 0.0511. The van der Waals surface area contributed by atoms with E-state index in [2.05, 4.69) is 218 Å². The standard InChI is InChI=1S/C19H34N.C13H22N.C10H18N.C10H16N.C9H14N.C6H12NS.C4H12NO/c1-4-7-15-20(16-8-5-2,17-9-6-3)18-19-13-11-10-12-14-19;1-4-14(5-2,6-3)12-13-10-8-7-9-11-13;1-4-10-5-2-8-11(10,7-1)9-3-6-10;1-11(2,3)9-10-7-5-4-6-8-10;1-10(2,3)9-7-5-4-6-8-9;1-3-7-4-5-8-6(7)2;1-5(2,3)4-6/h10-14H,4-9,15-18H2,1-3H3;7-11H,4-6,12H2,1-3H3;1-9H2;4-8H,9H2,1-3H3;4-8H,1-3H3;3-5H2,1-2H3;6H,4H2,1-3H3/q7*+1. The molecular formula is C71H128N7OS+7. The van der Waals surface area contributed by atoms with Crippen molar-refractivity contribution in [3.63, 3.8) is 0 Å². The molecule has 4 aliphatic rings. The molecule has 4 aromatic rings. The van der Waals surface area contributed by atoms with Crippen LogP contribution in [0.15, 0.2) is 121 Å². The fourth-order valence-electron chi connectivity index (χ4n) is 12.2. The SMILES string of the molecule is C1CC23CCC[N+]2(C1)CCC3.CCCC[N+](CCCC)(CCCC)Cc1ccccc1.CC[N+](CC)(CC)Cc1ccccc1.CC[N+]1=C(C)SCC1.C[N+](C)(C)CO.C[N+](C)(C)Cc1ccccc1.C[N+](C)(C)c1ccccc1. The highest BCUT2D eigenvalue weighted by molar-refractivity contribution is 8.13. The molecular weight excluding hydrogens is 999 g/mol. The summed E-state index contributed by atoms with van der Waals surface area (Å²) in [6, 6.07) is 42.9. The van der Waals surface area contributed by atoms with Crippen LogP contribution in [0.3, 0.4) is 0 Å². The monoisotopic (exact) mass is 1130 g/mol. The molecule has 0 aliphatic carbocycles. The van der Waals surface area contributed by atoms with Crippen LogP contribution < -0.4 is 4.48 Å². The van der Waals surface area contributed by atoms with E-state index in [1.54, 1.807) is 23.7 Å². The van der Waals surface area contributed by atoms with Gasteiger partial charge < -0.3 is 27.5 Å². The highest BCUT2D eigenvalue weighted by Gasteiger charge is 2.60. The first-order valence-electron chi connectivity index (χ1n) is 32.0. The molecule has 0 radical (unpaired) electrons. The number of hydrogen-bond acceptors (Lipinski definition) is 2. The third-order valence-corrected chi connectivity index (χ3v) is 18.4. The summed E-state index contributed by atoms with van der Waals surface area (Å²) in [5.74, 6) is 1.29. The van der Waals surface area contributed by atoms with Crippen molar-refractivity contribution in [2.45, 2.75) is 158 Å². The Balaban J connectivity index is 0.000000328. The van der Waals surface area contributed by atoms with E-state index in [9.17, 15) is 0 Å². The number of benzene rings is 4. The number of para-hydroxylation sites is 1. The Bertz CT molecular complexity index is 2100. The molecule has 452 valence electrons. The van der Waals surface area contributed by atoms with Gasteiger partial charge >= 0.3 is 0 Å². The van der Waals surface area contributed by atoms with Crippen LogP contribution in [0.5, 0.6) is 0 Å². The molecule has 4 heterocycles. The third-order valence-electron chi connectivity index (χ3n) is 17.3. The molecule has 1 N–H and O–H groups in total. The van der Waals surface area contributed by atoms with E-state index in [1.807, 2.05) is 39.0 Å². The highest BCUT2D eigenvalue weighted by Crippen LogP contribution is 2.52. The molecule has 4 aliphatic heterocycles. The van der Waals surface area contributed by atoms with Gasteiger partial charge in [0.15, 0.2) is 13.3 Å². The van der Waals surface area contributed by atoms with Crippen molar-refractivity contribution in [1.29, 1.82) is 0 Å². The summed E-state index contributed by atoms with van der Waals surface area (Å²) in [4.78, 5) is 0. The van der Waals surface area contributed by atoms with Crippen LogP contribution in [-0.4, -0.2) is 191 Å². The van der Waals surface area contributed by atoms with Crippen LogP contribution >= 0.6 is 11.8 Å². The van der Waals surface area contributed by atoms with E-state index in [0.29, 0.717) is 4.48 Å². The average molecular weight is 1130 g/mol. The summed E-state index contributed by atoms with van der Waals surface area (Å²) in [6.45, 7) is 36.7. The zero-order valence-corrected chi connectivity index (χ0v) is 56.1. The van der Waals surface area contributed by atoms with Crippen molar-refractivity contribution in [2.75, 3.05) is 148 Å². The second-order valence-corrected chi connectivity index (χ2v) is 28.0. The lowest BCUT2D eigenvalue weighted by Gasteiger charge is -2.39. The first-order chi connectivity index (χ1) is 38.0. The second kappa shape index (κ2) is 37.7. The summed E-state index contributed by atoms with van der Waals surface area (Å²) in [5.41, 5.74) is 6.54. The molecule has 0 bridgehead atoms. The molecule has 0 saturated carbocycles. The van der Waals surface area contributed by atoms with Gasteiger partial charge in [0.1, 0.15) is 31.9 Å². The number of unbranched alkanes of at least 4 members (excludes halogenated alkanes) is 3. The Morgan fingerprint density at radius 2 is 0.838 bits per heavy atom. The van der Waals surface area contributed by atoms with Crippen molar-refractivity contribution in [3.05, 3.63) is 138 Å². The Morgan fingerprint density at radius 1 is 0.487 bits per heavy atom. The summed E-state index contributed by atoms with van der Waals surface area (Å²) in [6.07, 6.45) is 17.3. The molecule has 0 amide bonds. The zero-order chi connectivity index (χ0) is 59.6. The normalized spacial score (nSPS) is 18.4. The lowest BCUT2D eigenvalue weighted by molar-refractivity contribution is -0.941. The fourth-order valence-corrected chi connectivity index (χ4v) is 13.2. The van der Waals surface area contributed by atoms with Crippen molar-refractivity contribution in [1.82, 2.24) is 4.48 Å². The summed E-state index contributed by atoms with van der Waals surface area (Å²) >= 11 is 1.97. The number of hydrogen-bond donors (Lipinski definition) is 1. The van der Waals surface area contributed by atoms with Gasteiger partial charge in [-0.3, -0.25) is 4.48 Å². The molecule has 0 unspecified atom stereocenters. The van der Waals surface area contributed by atoms with Crippen LogP contribution in [0.2, 0.25) is 0 Å². The predicted octanol–water partition coefficient (Wildman–Crippen LogP) is 15.0. The van der Waals surface area contributed by atoms with E-state index in [4.69, 9.17) is 5.11 Å². The second-order valence-electron chi connectivity index (χ2n) is 26.7. The number of nitrogens with zero attached hydrogens (tertiary/aromatic N) is 7. The number of thioether (sulfide) groups is 1. The molecule has 0 atom stereocenters. The van der Waals surface area contributed by atoms with Gasteiger partial charge in [-0.1, -0.05) is 161 Å². The highest BCUT2D eigenvalue weighted by atomic mass is 32.2. The fraction of sp³-hybridized carbons (Fsp3) is 0.648. The minimum atomic E-state index is 0.208. The van der Waals surface area contributed by atoms with Gasteiger partial charge in [-0.15, -0.1) is 0 Å². The largest absolute Gasteiger partial charge is 0.347 e. The molecule has 8 rings (SSSR count). The molecule has 3 saturated heterocycles. The molecule has 8 nitrogen and oxygen atoms in total. The Hall–Kier alpha value is -3.38. The minimum absolute atomic E-state index is 0.208. The number of aliphatic hydroxyl groups excluding tert-OH is 1. The van der Waals surface area contributed by atoms with E-state index >= 15 is 0 Å². The number of rotatable bonds is 21. The maximum Gasteiger partial charge on any atom is 0.207 e. The van der Waals surface area contributed by atoms with Crippen molar-refractivity contribution < 1.29 is 32.1 Å². The summed E-state index contributed by atoms with van der Waals surface area (Å²) in [5, 5.41) is 9.87. The van der Waals surface area contributed by atoms with E-state index < -0.39 is 0 Å². The van der Waals surface area contributed by atoms with Crippen LogP contribution in [0, 0.1) is 0 Å². The zero-order valence-electron chi connectivity index (χ0n) is 55.3. The summed E-state index contributed by atoms with van der Waals surface area (Å²) in [7, 11) is 18.9. The topological polar surface area (TPSA) is 23.2 Å². The number of quaternary nitrogens is 6. The van der Waals surface area contributed by atoms with Crippen molar-refractivity contribution >= 4 is 22.5 Å². The predicted molar refractivity (Wildman–Crippen MR) is 355 cm³/mol. The first kappa shape index (κ1) is 72.7. The molecule has 4 aromatic carbocycles.